The number of aromatic nitrogens is 5. The van der Waals surface area contributed by atoms with Crippen LogP contribution >= 0.6 is 11.3 Å². The summed E-state index contributed by atoms with van der Waals surface area (Å²) in [6, 6.07) is 1.77. The zero-order valence-electron chi connectivity index (χ0n) is 14.2. The average Bonchev–Trinajstić information content (AvgIpc) is 3.28. The molecule has 3 aromatic heterocycles. The van der Waals surface area contributed by atoms with Crippen LogP contribution in [0.3, 0.4) is 0 Å². The van der Waals surface area contributed by atoms with E-state index in [-0.39, 0.29) is 12.0 Å². The van der Waals surface area contributed by atoms with Crippen molar-refractivity contribution in [3.63, 3.8) is 0 Å². The van der Waals surface area contributed by atoms with Crippen LogP contribution in [0.4, 0.5) is 5.13 Å². The highest BCUT2D eigenvalue weighted by Gasteiger charge is 2.23. The number of nitrogens with zero attached hydrogens (tertiary/aromatic N) is 5. The summed E-state index contributed by atoms with van der Waals surface area (Å²) >= 11 is 1.36. The molecule has 0 aliphatic carbocycles. The summed E-state index contributed by atoms with van der Waals surface area (Å²) in [5.41, 5.74) is 2.77. The van der Waals surface area contributed by atoms with Crippen molar-refractivity contribution in [2.75, 3.05) is 11.9 Å². The molecule has 130 valence electrons. The van der Waals surface area contributed by atoms with Gasteiger partial charge in [-0.05, 0) is 32.8 Å². The van der Waals surface area contributed by atoms with E-state index in [9.17, 15) is 4.79 Å². The van der Waals surface area contributed by atoms with Gasteiger partial charge in [0.15, 0.2) is 5.65 Å². The van der Waals surface area contributed by atoms with Crippen LogP contribution in [0.15, 0.2) is 6.07 Å². The molecule has 0 unspecified atom stereocenters. The van der Waals surface area contributed by atoms with Crippen molar-refractivity contribution in [3.8, 4) is 0 Å². The van der Waals surface area contributed by atoms with Gasteiger partial charge in [-0.3, -0.25) is 14.8 Å². The molecular weight excluding hydrogens is 340 g/mol. The first kappa shape index (κ1) is 16.1. The lowest BCUT2D eigenvalue weighted by Crippen LogP contribution is -2.13. The minimum absolute atomic E-state index is 0.00130. The summed E-state index contributed by atoms with van der Waals surface area (Å²) < 4.78 is 7.30. The third kappa shape index (κ3) is 2.89. The van der Waals surface area contributed by atoms with Crippen molar-refractivity contribution in [1.29, 1.82) is 0 Å². The molecular formula is C16H18N6O2S. The Kier molecular flexibility index (Phi) is 3.97. The van der Waals surface area contributed by atoms with E-state index in [1.165, 1.54) is 11.3 Å². The zero-order valence-corrected chi connectivity index (χ0v) is 15.1. The van der Waals surface area contributed by atoms with E-state index >= 15 is 0 Å². The number of aryl methyl sites for hydroxylation is 3. The van der Waals surface area contributed by atoms with Crippen molar-refractivity contribution < 1.29 is 9.53 Å². The van der Waals surface area contributed by atoms with Gasteiger partial charge in [0.05, 0.1) is 16.6 Å². The third-order valence-electron chi connectivity index (χ3n) is 4.21. The molecule has 1 amide bonds. The standard InChI is InChI=1S/C16H18N6O2S/c1-8-7-10(12-9(2)21-22(3)13(12)17-8)14(23)18-16-20-19-15(25-16)11-5-4-6-24-11/h7,11H,4-6H2,1-3H3,(H,18,20,23)/t11-/m1/s1. The van der Waals surface area contributed by atoms with Gasteiger partial charge in [-0.25, -0.2) is 4.98 Å². The van der Waals surface area contributed by atoms with Crippen LogP contribution in [0, 0.1) is 13.8 Å². The van der Waals surface area contributed by atoms with Crippen LogP contribution < -0.4 is 5.32 Å². The van der Waals surface area contributed by atoms with Gasteiger partial charge < -0.3 is 4.74 Å². The molecule has 8 nitrogen and oxygen atoms in total. The molecule has 0 spiro atoms. The van der Waals surface area contributed by atoms with Crippen LogP contribution in [0.5, 0.6) is 0 Å². The highest BCUT2D eigenvalue weighted by atomic mass is 32.1. The molecule has 1 N–H and O–H groups in total. The zero-order chi connectivity index (χ0) is 17.6. The SMILES string of the molecule is Cc1cc(C(=O)Nc2nnc([C@H]3CCCO3)s2)c2c(C)nn(C)c2n1. The summed E-state index contributed by atoms with van der Waals surface area (Å²) in [4.78, 5) is 17.3. The highest BCUT2D eigenvalue weighted by molar-refractivity contribution is 7.15. The lowest BCUT2D eigenvalue weighted by atomic mass is 10.1. The molecule has 1 atom stereocenters. The van der Waals surface area contributed by atoms with Crippen LogP contribution in [0.25, 0.3) is 11.0 Å². The number of hydrogen-bond acceptors (Lipinski definition) is 7. The molecule has 1 aliphatic rings. The van der Waals surface area contributed by atoms with Gasteiger partial charge in [0.25, 0.3) is 5.91 Å². The lowest BCUT2D eigenvalue weighted by molar-refractivity contribution is 0.102. The van der Waals surface area contributed by atoms with Gasteiger partial charge in [0.1, 0.15) is 11.1 Å². The summed E-state index contributed by atoms with van der Waals surface area (Å²) in [6.07, 6.45) is 1.97. The maximum absolute atomic E-state index is 12.8. The van der Waals surface area contributed by atoms with Crippen LogP contribution in [-0.2, 0) is 11.8 Å². The molecule has 4 rings (SSSR count). The molecule has 0 bridgehead atoms. The monoisotopic (exact) mass is 358 g/mol. The number of nitrogens with one attached hydrogen (secondary N) is 1. The minimum Gasteiger partial charge on any atom is -0.371 e. The second kappa shape index (κ2) is 6.16. The summed E-state index contributed by atoms with van der Waals surface area (Å²) in [5.74, 6) is -0.235. The Morgan fingerprint density at radius 3 is 3.00 bits per heavy atom. The second-order valence-corrected chi connectivity index (χ2v) is 7.13. The maximum atomic E-state index is 12.8. The predicted molar refractivity (Wildman–Crippen MR) is 93.8 cm³/mol. The molecule has 1 fully saturated rings. The van der Waals surface area contributed by atoms with Crippen molar-refractivity contribution in [2.45, 2.75) is 32.8 Å². The van der Waals surface area contributed by atoms with Gasteiger partial charge in [-0.1, -0.05) is 11.3 Å². The summed E-state index contributed by atoms with van der Waals surface area (Å²) in [5, 5.41) is 17.5. The molecule has 0 radical (unpaired) electrons. The Morgan fingerprint density at radius 1 is 1.40 bits per heavy atom. The van der Waals surface area contributed by atoms with Gasteiger partial charge in [0, 0.05) is 19.3 Å². The maximum Gasteiger partial charge on any atom is 0.258 e. The van der Waals surface area contributed by atoms with Crippen molar-refractivity contribution >= 4 is 33.4 Å². The Hall–Kier alpha value is -2.39. The number of rotatable bonds is 3. The molecule has 0 aromatic carbocycles. The van der Waals surface area contributed by atoms with Crippen molar-refractivity contribution in [2.24, 2.45) is 7.05 Å². The number of hydrogen-bond donors (Lipinski definition) is 1. The Balaban J connectivity index is 1.64. The second-order valence-electron chi connectivity index (χ2n) is 6.12. The number of ether oxygens (including phenoxy) is 1. The van der Waals surface area contributed by atoms with Crippen LogP contribution in [0.1, 0.15) is 45.7 Å². The number of fused-ring (bicyclic) bond motifs is 1. The van der Waals surface area contributed by atoms with E-state index in [0.29, 0.717) is 16.3 Å². The highest BCUT2D eigenvalue weighted by Crippen LogP contribution is 2.32. The fraction of sp³-hybridized carbons (Fsp3) is 0.438. The molecule has 3 aromatic rings. The van der Waals surface area contributed by atoms with E-state index in [2.05, 4.69) is 25.6 Å². The van der Waals surface area contributed by atoms with Crippen LogP contribution in [0.2, 0.25) is 0 Å². The smallest absolute Gasteiger partial charge is 0.258 e. The Morgan fingerprint density at radius 2 is 2.24 bits per heavy atom. The predicted octanol–water partition coefficient (Wildman–Crippen LogP) is 2.54. The van der Waals surface area contributed by atoms with Crippen LogP contribution in [-0.4, -0.2) is 37.5 Å². The molecule has 1 aliphatic heterocycles. The minimum atomic E-state index is -0.235. The first-order valence-electron chi connectivity index (χ1n) is 8.10. The average molecular weight is 358 g/mol. The number of carbonyl (C=O) groups is 1. The molecule has 4 heterocycles. The van der Waals surface area contributed by atoms with E-state index in [4.69, 9.17) is 4.74 Å². The first-order valence-corrected chi connectivity index (χ1v) is 8.92. The Labute approximate surface area is 148 Å². The Bertz CT molecular complexity index is 957. The largest absolute Gasteiger partial charge is 0.371 e. The first-order chi connectivity index (χ1) is 12.0. The fourth-order valence-corrected chi connectivity index (χ4v) is 3.92. The fourth-order valence-electron chi connectivity index (χ4n) is 3.10. The molecule has 9 heteroatoms. The number of pyridine rings is 1. The molecule has 0 saturated carbocycles. The van der Waals surface area contributed by atoms with Crippen molar-refractivity contribution in [1.82, 2.24) is 25.0 Å². The quantitative estimate of drug-likeness (QED) is 0.773. The van der Waals surface area contributed by atoms with Gasteiger partial charge in [-0.15, -0.1) is 10.2 Å². The van der Waals surface area contributed by atoms with E-state index in [0.717, 1.165) is 41.2 Å². The third-order valence-corrected chi connectivity index (χ3v) is 5.14. The lowest BCUT2D eigenvalue weighted by Gasteiger charge is -2.05. The van der Waals surface area contributed by atoms with Gasteiger partial charge in [-0.2, -0.15) is 5.10 Å². The normalized spacial score (nSPS) is 17.3. The number of anilines is 1. The van der Waals surface area contributed by atoms with E-state index in [1.807, 2.05) is 20.9 Å². The topological polar surface area (TPSA) is 94.8 Å². The molecule has 25 heavy (non-hydrogen) atoms. The van der Waals surface area contributed by atoms with Gasteiger partial charge >= 0.3 is 0 Å². The van der Waals surface area contributed by atoms with Gasteiger partial charge in [0.2, 0.25) is 5.13 Å². The van der Waals surface area contributed by atoms with E-state index in [1.54, 1.807) is 10.7 Å². The van der Waals surface area contributed by atoms with Crippen molar-refractivity contribution in [3.05, 3.63) is 28.0 Å². The molecule has 1 saturated heterocycles. The number of carbonyl (C=O) groups excluding carboxylic acids is 1. The summed E-state index contributed by atoms with van der Waals surface area (Å²) in [7, 11) is 1.82. The number of amides is 1. The van der Waals surface area contributed by atoms with E-state index < -0.39 is 0 Å². The summed E-state index contributed by atoms with van der Waals surface area (Å²) in [6.45, 7) is 4.48.